The van der Waals surface area contributed by atoms with Crippen LogP contribution in [0.25, 0.3) is 11.1 Å². The molecule has 0 saturated heterocycles. The largest absolute Gasteiger partial charge is 0.345 e. The average molecular weight is 330 g/mol. The lowest BCUT2D eigenvalue weighted by atomic mass is 9.87. The number of benzene rings is 2. The number of aromatic nitrogens is 1. The zero-order chi connectivity index (χ0) is 18.0. The molecule has 128 valence electrons. The van der Waals surface area contributed by atoms with Crippen molar-refractivity contribution < 1.29 is 0 Å². The summed E-state index contributed by atoms with van der Waals surface area (Å²) in [6, 6.07) is 21.7. The smallest absolute Gasteiger partial charge is 0.0408 e. The second kappa shape index (κ2) is 6.72. The van der Waals surface area contributed by atoms with Crippen molar-refractivity contribution in [2.45, 2.75) is 33.1 Å². The first-order valence-electron chi connectivity index (χ1n) is 8.72. The molecule has 0 unspecified atom stereocenters. The first-order valence-corrected chi connectivity index (χ1v) is 8.72. The second-order valence-corrected chi connectivity index (χ2v) is 7.59. The molecule has 0 radical (unpaired) electrons. The van der Waals surface area contributed by atoms with Crippen molar-refractivity contribution in [1.29, 1.82) is 0 Å². The first kappa shape index (κ1) is 17.2. The molecule has 0 atom stereocenters. The van der Waals surface area contributed by atoms with Gasteiger partial charge in [0.1, 0.15) is 0 Å². The molecule has 2 nitrogen and oxygen atoms in total. The van der Waals surface area contributed by atoms with Gasteiger partial charge in [0, 0.05) is 30.3 Å². The van der Waals surface area contributed by atoms with Crippen LogP contribution in [0.1, 0.15) is 32.0 Å². The molecule has 0 aliphatic carbocycles. The van der Waals surface area contributed by atoms with E-state index < -0.39 is 0 Å². The monoisotopic (exact) mass is 330 g/mol. The zero-order valence-corrected chi connectivity index (χ0v) is 15.7. The quantitative estimate of drug-likeness (QED) is 0.575. The summed E-state index contributed by atoms with van der Waals surface area (Å²) in [4.78, 5) is 6.48. The van der Waals surface area contributed by atoms with Crippen LogP contribution in [0.5, 0.6) is 0 Å². The van der Waals surface area contributed by atoms with Gasteiger partial charge in [-0.05, 0) is 65.4 Å². The molecule has 25 heavy (non-hydrogen) atoms. The van der Waals surface area contributed by atoms with Crippen LogP contribution in [0.3, 0.4) is 0 Å². The third kappa shape index (κ3) is 3.90. The van der Waals surface area contributed by atoms with Gasteiger partial charge in [0.05, 0.1) is 0 Å². The van der Waals surface area contributed by atoms with Crippen LogP contribution < -0.4 is 4.90 Å². The van der Waals surface area contributed by atoms with Crippen molar-refractivity contribution in [2.24, 2.45) is 0 Å². The van der Waals surface area contributed by atoms with E-state index in [4.69, 9.17) is 0 Å². The van der Waals surface area contributed by atoms with Crippen LogP contribution in [-0.4, -0.2) is 12.0 Å². The number of aryl methyl sites for hydroxylation is 1. The maximum absolute atomic E-state index is 4.27. The first-order chi connectivity index (χ1) is 11.8. The summed E-state index contributed by atoms with van der Waals surface area (Å²) in [6.07, 6.45) is 1.86. The highest BCUT2D eigenvalue weighted by Crippen LogP contribution is 2.29. The predicted octanol–water partition coefficient (Wildman–Crippen LogP) is 6.12. The van der Waals surface area contributed by atoms with Gasteiger partial charge in [-0.25, -0.2) is 0 Å². The van der Waals surface area contributed by atoms with E-state index in [0.717, 1.165) is 5.69 Å². The van der Waals surface area contributed by atoms with Crippen molar-refractivity contribution in [3.8, 4) is 11.1 Å². The van der Waals surface area contributed by atoms with Gasteiger partial charge >= 0.3 is 0 Å². The van der Waals surface area contributed by atoms with Crippen LogP contribution in [0.2, 0.25) is 0 Å². The molecule has 0 aliphatic rings. The van der Waals surface area contributed by atoms with Gasteiger partial charge in [0.25, 0.3) is 0 Å². The number of hydrogen-bond donors (Lipinski definition) is 0. The molecule has 0 bridgehead atoms. The molecule has 0 spiro atoms. The Bertz CT molecular complexity index is 841. The number of pyridine rings is 1. The highest BCUT2D eigenvalue weighted by molar-refractivity contribution is 5.69. The number of hydrogen-bond acceptors (Lipinski definition) is 2. The second-order valence-electron chi connectivity index (χ2n) is 7.59. The molecule has 1 aromatic heterocycles. The Labute approximate surface area is 151 Å². The fraction of sp³-hybridized carbons (Fsp3) is 0.261. The van der Waals surface area contributed by atoms with E-state index in [1.165, 1.54) is 28.1 Å². The van der Waals surface area contributed by atoms with Gasteiger partial charge in [0.15, 0.2) is 0 Å². The van der Waals surface area contributed by atoms with E-state index >= 15 is 0 Å². The molecule has 3 aromatic rings. The highest BCUT2D eigenvalue weighted by Gasteiger charge is 2.13. The molecule has 0 fully saturated rings. The van der Waals surface area contributed by atoms with Crippen molar-refractivity contribution in [1.82, 2.24) is 4.98 Å². The Balaban J connectivity index is 1.82. The fourth-order valence-electron chi connectivity index (χ4n) is 2.94. The minimum absolute atomic E-state index is 0.182. The van der Waals surface area contributed by atoms with E-state index in [9.17, 15) is 0 Å². The molecular formula is C23H26N2. The summed E-state index contributed by atoms with van der Waals surface area (Å²) < 4.78 is 0. The van der Waals surface area contributed by atoms with Gasteiger partial charge in [0.2, 0.25) is 0 Å². The summed E-state index contributed by atoms with van der Waals surface area (Å²) in [5, 5.41) is 0. The average Bonchev–Trinajstić information content (AvgIpc) is 2.61. The van der Waals surface area contributed by atoms with E-state index in [2.05, 4.69) is 98.4 Å². The molecule has 0 saturated carbocycles. The third-order valence-electron chi connectivity index (χ3n) is 4.61. The maximum atomic E-state index is 4.27. The molecule has 0 amide bonds. The van der Waals surface area contributed by atoms with E-state index in [1.807, 2.05) is 13.1 Å². The summed E-state index contributed by atoms with van der Waals surface area (Å²) >= 11 is 0. The van der Waals surface area contributed by atoms with Gasteiger partial charge < -0.3 is 4.90 Å². The van der Waals surface area contributed by atoms with Crippen molar-refractivity contribution in [3.05, 3.63) is 78.1 Å². The number of rotatable bonds is 3. The van der Waals surface area contributed by atoms with Crippen molar-refractivity contribution in [2.75, 3.05) is 11.9 Å². The van der Waals surface area contributed by atoms with Crippen LogP contribution in [0.15, 0.2) is 66.9 Å². The Morgan fingerprint density at radius 3 is 1.84 bits per heavy atom. The summed E-state index contributed by atoms with van der Waals surface area (Å²) in [5.74, 6) is 0. The number of anilines is 2. The fourth-order valence-corrected chi connectivity index (χ4v) is 2.94. The lowest BCUT2D eigenvalue weighted by Crippen LogP contribution is -2.12. The van der Waals surface area contributed by atoms with Gasteiger partial charge in [-0.1, -0.05) is 45.0 Å². The summed E-state index contributed by atoms with van der Waals surface area (Å²) in [6.45, 7) is 8.74. The lowest BCUT2D eigenvalue weighted by Gasteiger charge is -2.23. The van der Waals surface area contributed by atoms with E-state index in [1.54, 1.807) is 0 Å². The van der Waals surface area contributed by atoms with Crippen molar-refractivity contribution >= 4 is 11.4 Å². The molecule has 0 aliphatic heterocycles. The van der Waals surface area contributed by atoms with Crippen LogP contribution in [0, 0.1) is 6.92 Å². The third-order valence-corrected chi connectivity index (χ3v) is 4.61. The molecule has 0 N–H and O–H groups in total. The van der Waals surface area contributed by atoms with Crippen LogP contribution in [-0.2, 0) is 5.41 Å². The Morgan fingerprint density at radius 1 is 0.760 bits per heavy atom. The van der Waals surface area contributed by atoms with Crippen LogP contribution >= 0.6 is 0 Å². The number of nitrogens with zero attached hydrogens (tertiary/aromatic N) is 2. The van der Waals surface area contributed by atoms with E-state index in [0.29, 0.717) is 0 Å². The van der Waals surface area contributed by atoms with Gasteiger partial charge in [-0.3, -0.25) is 4.98 Å². The standard InChI is InChI=1S/C23H26N2/c1-17-16-19(14-15-24-17)18-6-10-21(11-7-18)25(5)22-12-8-20(9-13-22)23(2,3)4/h6-16H,1-5H3. The maximum Gasteiger partial charge on any atom is 0.0408 e. The Morgan fingerprint density at radius 2 is 1.32 bits per heavy atom. The predicted molar refractivity (Wildman–Crippen MR) is 108 cm³/mol. The lowest BCUT2D eigenvalue weighted by molar-refractivity contribution is 0.590. The van der Waals surface area contributed by atoms with Gasteiger partial charge in [-0.15, -0.1) is 0 Å². The van der Waals surface area contributed by atoms with E-state index in [-0.39, 0.29) is 5.41 Å². The minimum Gasteiger partial charge on any atom is -0.345 e. The molecule has 1 heterocycles. The topological polar surface area (TPSA) is 16.1 Å². The molecule has 2 aromatic carbocycles. The normalized spacial score (nSPS) is 11.4. The Kier molecular flexibility index (Phi) is 4.63. The minimum atomic E-state index is 0.182. The molecular weight excluding hydrogens is 304 g/mol. The molecule has 3 rings (SSSR count). The van der Waals surface area contributed by atoms with Crippen molar-refractivity contribution in [3.63, 3.8) is 0 Å². The highest BCUT2D eigenvalue weighted by atomic mass is 15.1. The van der Waals surface area contributed by atoms with Crippen LogP contribution in [0.4, 0.5) is 11.4 Å². The Hall–Kier alpha value is -2.61. The molecule has 2 heteroatoms. The summed E-state index contributed by atoms with van der Waals surface area (Å²) in [7, 11) is 2.11. The van der Waals surface area contributed by atoms with Gasteiger partial charge in [-0.2, -0.15) is 0 Å². The summed E-state index contributed by atoms with van der Waals surface area (Å²) in [5.41, 5.74) is 7.37. The SMILES string of the molecule is Cc1cc(-c2ccc(N(C)c3ccc(C(C)(C)C)cc3)cc2)ccn1. The zero-order valence-electron chi connectivity index (χ0n) is 15.7.